The summed E-state index contributed by atoms with van der Waals surface area (Å²) in [7, 11) is 0. The fraction of sp³-hybridized carbons (Fsp3) is 0.150. The number of halogens is 7. The Labute approximate surface area is 165 Å². The zero-order chi connectivity index (χ0) is 22.4. The van der Waals surface area contributed by atoms with Gasteiger partial charge in [0.1, 0.15) is 5.69 Å². The van der Waals surface area contributed by atoms with Gasteiger partial charge >= 0.3 is 6.18 Å². The Hall–Kier alpha value is -3.30. The summed E-state index contributed by atoms with van der Waals surface area (Å²) in [5.74, 6) is -8.19. The van der Waals surface area contributed by atoms with E-state index in [1.165, 1.54) is 38.1 Å². The average Bonchev–Trinajstić information content (AvgIpc) is 2.97. The van der Waals surface area contributed by atoms with Crippen LogP contribution in [0.5, 0.6) is 0 Å². The first-order valence-electron chi connectivity index (χ1n) is 8.43. The van der Waals surface area contributed by atoms with Crippen molar-refractivity contribution in [3.05, 3.63) is 82.2 Å². The third kappa shape index (κ3) is 3.64. The van der Waals surface area contributed by atoms with E-state index in [-0.39, 0.29) is 28.7 Å². The Morgan fingerprint density at radius 2 is 1.50 bits per heavy atom. The van der Waals surface area contributed by atoms with Crippen LogP contribution < -0.4 is 5.32 Å². The largest absolute Gasteiger partial charge is 0.418 e. The van der Waals surface area contributed by atoms with Crippen molar-refractivity contribution in [2.24, 2.45) is 0 Å². The molecule has 158 valence electrons. The normalized spacial score (nSPS) is 11.6. The van der Waals surface area contributed by atoms with Gasteiger partial charge in [0.2, 0.25) is 0 Å². The zero-order valence-electron chi connectivity index (χ0n) is 15.5. The van der Waals surface area contributed by atoms with Gasteiger partial charge < -0.3 is 9.88 Å². The van der Waals surface area contributed by atoms with E-state index < -0.39 is 46.6 Å². The molecule has 0 saturated heterocycles. The molecule has 0 fully saturated rings. The number of carbonyl (C=O) groups excluding carboxylic acids is 1. The van der Waals surface area contributed by atoms with Crippen LogP contribution in [0.15, 0.2) is 36.4 Å². The molecule has 3 nitrogen and oxygen atoms in total. The highest BCUT2D eigenvalue weighted by atomic mass is 19.4. The Kier molecular flexibility index (Phi) is 5.36. The van der Waals surface area contributed by atoms with Crippen LogP contribution in [-0.2, 0) is 6.18 Å². The van der Waals surface area contributed by atoms with Crippen molar-refractivity contribution in [1.82, 2.24) is 4.57 Å². The number of aromatic nitrogens is 1. The summed E-state index contributed by atoms with van der Waals surface area (Å²) in [5.41, 5.74) is -2.53. The second kappa shape index (κ2) is 7.51. The highest BCUT2D eigenvalue weighted by Crippen LogP contribution is 2.35. The van der Waals surface area contributed by atoms with Crippen molar-refractivity contribution in [2.45, 2.75) is 20.0 Å². The van der Waals surface area contributed by atoms with Crippen molar-refractivity contribution in [3.63, 3.8) is 0 Å². The predicted molar refractivity (Wildman–Crippen MR) is 94.5 cm³/mol. The molecule has 3 rings (SSSR count). The third-order valence-electron chi connectivity index (χ3n) is 4.48. The molecule has 0 aliphatic heterocycles. The monoisotopic (exact) mass is 430 g/mol. The van der Waals surface area contributed by atoms with E-state index in [9.17, 15) is 35.5 Å². The van der Waals surface area contributed by atoms with Crippen molar-refractivity contribution in [1.29, 1.82) is 0 Å². The Balaban J connectivity index is 2.08. The number of anilines is 1. The SMILES string of the molecule is Cc1cc(C(=O)Nc2c(F)c(F)cc(F)c2F)c(C)n1-c1ccccc1C(F)(F)F. The third-order valence-corrected chi connectivity index (χ3v) is 4.48. The second-order valence-corrected chi connectivity index (χ2v) is 6.43. The van der Waals surface area contributed by atoms with Crippen LogP contribution in [0.3, 0.4) is 0 Å². The van der Waals surface area contributed by atoms with Crippen molar-refractivity contribution >= 4 is 11.6 Å². The Morgan fingerprint density at radius 1 is 0.933 bits per heavy atom. The van der Waals surface area contributed by atoms with Gasteiger partial charge in [-0.05, 0) is 32.0 Å². The minimum absolute atomic E-state index is 0.0136. The molecule has 1 N–H and O–H groups in total. The van der Waals surface area contributed by atoms with Gasteiger partial charge in [-0.15, -0.1) is 0 Å². The molecule has 3 aromatic rings. The van der Waals surface area contributed by atoms with Crippen LogP contribution in [0.4, 0.5) is 36.4 Å². The van der Waals surface area contributed by atoms with Gasteiger partial charge in [-0.3, -0.25) is 4.79 Å². The molecule has 0 aliphatic rings. The van der Waals surface area contributed by atoms with Crippen LogP contribution in [-0.4, -0.2) is 10.5 Å². The molecule has 0 aliphatic carbocycles. The van der Waals surface area contributed by atoms with Gasteiger partial charge in [0.15, 0.2) is 23.3 Å². The highest BCUT2D eigenvalue weighted by molar-refractivity contribution is 6.05. The zero-order valence-corrected chi connectivity index (χ0v) is 15.5. The maximum absolute atomic E-state index is 13.8. The molecule has 2 aromatic carbocycles. The van der Waals surface area contributed by atoms with Crippen molar-refractivity contribution in [3.8, 4) is 5.69 Å². The summed E-state index contributed by atoms with van der Waals surface area (Å²) >= 11 is 0. The Bertz CT molecular complexity index is 1120. The topological polar surface area (TPSA) is 34.0 Å². The summed E-state index contributed by atoms with van der Waals surface area (Å²) in [6.07, 6.45) is -4.67. The summed E-state index contributed by atoms with van der Waals surface area (Å²) in [6, 6.07) is 5.84. The first kappa shape index (κ1) is 21.4. The molecule has 0 bridgehead atoms. The van der Waals surface area contributed by atoms with Gasteiger partial charge in [-0.1, -0.05) is 12.1 Å². The highest BCUT2D eigenvalue weighted by Gasteiger charge is 2.34. The molecule has 0 radical (unpaired) electrons. The van der Waals surface area contributed by atoms with Gasteiger partial charge in [0.25, 0.3) is 5.91 Å². The average molecular weight is 430 g/mol. The lowest BCUT2D eigenvalue weighted by atomic mass is 10.1. The minimum Gasteiger partial charge on any atom is -0.317 e. The molecular weight excluding hydrogens is 417 g/mol. The molecule has 1 heterocycles. The number of alkyl halides is 3. The van der Waals surface area contributed by atoms with Crippen LogP contribution in [0.1, 0.15) is 27.3 Å². The van der Waals surface area contributed by atoms with Crippen LogP contribution in [0, 0.1) is 37.1 Å². The first-order chi connectivity index (χ1) is 13.9. The van der Waals surface area contributed by atoms with Gasteiger partial charge in [0.05, 0.1) is 16.8 Å². The van der Waals surface area contributed by atoms with Crippen molar-refractivity contribution < 1.29 is 35.5 Å². The number of rotatable bonds is 3. The second-order valence-electron chi connectivity index (χ2n) is 6.43. The number of benzene rings is 2. The Morgan fingerprint density at radius 3 is 2.07 bits per heavy atom. The fourth-order valence-corrected chi connectivity index (χ4v) is 3.14. The molecule has 0 spiro atoms. The molecule has 1 aromatic heterocycles. The summed E-state index contributed by atoms with van der Waals surface area (Å²) in [5, 5.41) is 1.75. The molecular formula is C20H13F7N2O. The maximum Gasteiger partial charge on any atom is 0.418 e. The summed E-state index contributed by atoms with van der Waals surface area (Å²) < 4.78 is 95.6. The lowest BCUT2D eigenvalue weighted by Gasteiger charge is -2.17. The number of hydrogen-bond acceptors (Lipinski definition) is 1. The van der Waals surface area contributed by atoms with Crippen LogP contribution >= 0.6 is 0 Å². The van der Waals surface area contributed by atoms with E-state index in [0.29, 0.717) is 0 Å². The van der Waals surface area contributed by atoms with E-state index >= 15 is 0 Å². The molecule has 10 heteroatoms. The molecule has 30 heavy (non-hydrogen) atoms. The van der Waals surface area contributed by atoms with Gasteiger partial charge in [-0.2, -0.15) is 13.2 Å². The van der Waals surface area contributed by atoms with Gasteiger partial charge in [-0.25, -0.2) is 17.6 Å². The standard InChI is InChI=1S/C20H13F7N2O/c1-9-7-11(19(30)28-18-16(23)13(21)8-14(22)17(18)24)10(2)29(9)15-6-4-3-5-12(15)20(25,26)27/h3-8H,1-2H3,(H,28,30). The summed E-state index contributed by atoms with van der Waals surface area (Å²) in [4.78, 5) is 12.5. The first-order valence-corrected chi connectivity index (χ1v) is 8.43. The number of aryl methyl sites for hydroxylation is 1. The lowest BCUT2D eigenvalue weighted by Crippen LogP contribution is -2.17. The molecule has 0 saturated carbocycles. The smallest absolute Gasteiger partial charge is 0.317 e. The number of amides is 1. The van der Waals surface area contributed by atoms with E-state index in [4.69, 9.17) is 0 Å². The molecule has 0 unspecified atom stereocenters. The van der Waals surface area contributed by atoms with Crippen LogP contribution in [0.2, 0.25) is 0 Å². The van der Waals surface area contributed by atoms with Gasteiger partial charge in [0, 0.05) is 17.5 Å². The van der Waals surface area contributed by atoms with E-state index in [0.717, 1.165) is 10.6 Å². The quantitative estimate of drug-likeness (QED) is 0.406. The fourth-order valence-electron chi connectivity index (χ4n) is 3.14. The predicted octanol–water partition coefficient (Wildman–Crippen LogP) is 5.92. The number of nitrogens with zero attached hydrogens (tertiary/aromatic N) is 1. The van der Waals surface area contributed by atoms with E-state index in [1.807, 2.05) is 0 Å². The number of para-hydroxylation sites is 1. The van der Waals surface area contributed by atoms with E-state index in [2.05, 4.69) is 0 Å². The number of carbonyl (C=O) groups is 1. The van der Waals surface area contributed by atoms with E-state index in [1.54, 1.807) is 5.32 Å². The summed E-state index contributed by atoms with van der Waals surface area (Å²) in [6.45, 7) is 2.76. The minimum atomic E-state index is -4.67. The molecule has 1 amide bonds. The number of nitrogens with one attached hydrogen (secondary N) is 1. The molecule has 0 atom stereocenters. The number of hydrogen-bond donors (Lipinski definition) is 1. The van der Waals surface area contributed by atoms with Crippen LogP contribution in [0.25, 0.3) is 5.69 Å². The van der Waals surface area contributed by atoms with Crippen molar-refractivity contribution in [2.75, 3.05) is 5.32 Å². The lowest BCUT2D eigenvalue weighted by molar-refractivity contribution is -0.137. The maximum atomic E-state index is 13.8.